The zero-order chi connectivity index (χ0) is 13.2. The molecule has 0 unspecified atom stereocenters. The molecule has 4 N–H and O–H groups in total. The molecule has 0 amide bonds. The van der Waals surface area contributed by atoms with Crippen molar-refractivity contribution in [3.8, 4) is 11.4 Å². The lowest BCUT2D eigenvalue weighted by Crippen LogP contribution is -1.87. The van der Waals surface area contributed by atoms with Crippen LogP contribution in [0.5, 0.6) is 0 Å². The normalized spacial score (nSPS) is 11.3. The Balaban J connectivity index is 0.000000209. The van der Waals surface area contributed by atoms with Crippen LogP contribution in [0.3, 0.4) is 0 Å². The summed E-state index contributed by atoms with van der Waals surface area (Å²) < 4.78 is 8.88. The van der Waals surface area contributed by atoms with Crippen molar-refractivity contribution in [1.82, 2.24) is 15.0 Å². The lowest BCUT2D eigenvalue weighted by molar-refractivity contribution is 0.275. The van der Waals surface area contributed by atoms with Gasteiger partial charge in [-0.3, -0.25) is 4.98 Å². The van der Waals surface area contributed by atoms with E-state index in [4.69, 9.17) is 19.2 Å². The van der Waals surface area contributed by atoms with Crippen molar-refractivity contribution < 1.29 is 19.2 Å². The van der Waals surface area contributed by atoms with Gasteiger partial charge >= 0.3 is 7.82 Å². The first-order chi connectivity index (χ1) is 8.43. The van der Waals surface area contributed by atoms with E-state index in [1.807, 2.05) is 24.3 Å². The predicted molar refractivity (Wildman–Crippen MR) is 64.8 cm³/mol. The molecule has 0 bridgehead atoms. The second-order valence-electron chi connectivity index (χ2n) is 3.47. The van der Waals surface area contributed by atoms with Gasteiger partial charge in [0.15, 0.2) is 0 Å². The molecule has 0 aromatic carbocycles. The number of hydrogen-bond donors (Lipinski definition) is 4. The molecule has 94 valence electrons. The summed E-state index contributed by atoms with van der Waals surface area (Å²) >= 11 is 0. The third kappa shape index (κ3) is 3.35. The minimum Gasteiger partial charge on any atom is -0.338 e. The van der Waals surface area contributed by atoms with Gasteiger partial charge in [0.2, 0.25) is 0 Å². The molecule has 0 atom stereocenters. The molecule has 7 nitrogen and oxygen atoms in total. The molecule has 1 aromatic rings. The number of aromatic amines is 1. The summed E-state index contributed by atoms with van der Waals surface area (Å²) in [5.74, 6) is 0. The first-order valence-corrected chi connectivity index (χ1v) is 6.47. The van der Waals surface area contributed by atoms with Crippen LogP contribution < -0.4 is 0 Å². The van der Waals surface area contributed by atoms with Gasteiger partial charge in [0.05, 0.1) is 11.4 Å². The van der Waals surface area contributed by atoms with E-state index in [2.05, 4.69) is 15.0 Å². The van der Waals surface area contributed by atoms with Gasteiger partial charge in [0, 0.05) is 17.8 Å². The predicted octanol–water partition coefficient (Wildman–Crippen LogP) is 1.13. The minimum absolute atomic E-state index is 0.906. The number of rotatable bonds is 0. The van der Waals surface area contributed by atoms with Gasteiger partial charge in [0.1, 0.15) is 5.65 Å². The van der Waals surface area contributed by atoms with Crippen molar-refractivity contribution in [3.05, 3.63) is 36.7 Å². The number of phosphoric acid groups is 1. The summed E-state index contributed by atoms with van der Waals surface area (Å²) in [5, 5.41) is 1.09. The first kappa shape index (κ1) is 12.7. The summed E-state index contributed by atoms with van der Waals surface area (Å²) in [4.78, 5) is 33.2. The van der Waals surface area contributed by atoms with Crippen molar-refractivity contribution in [3.63, 3.8) is 0 Å². The molecule has 3 heterocycles. The molecule has 3 rings (SSSR count). The number of pyridine rings is 2. The Bertz CT molecular complexity index is 623. The highest BCUT2D eigenvalue weighted by atomic mass is 31.2. The SMILES string of the molecule is O=P(O)(O)O.c1cnc2[nH]c3ccnc-3cc2c1. The summed E-state index contributed by atoms with van der Waals surface area (Å²) in [6.07, 6.45) is 3.57. The molecule has 0 saturated carbocycles. The number of aromatic nitrogens is 3. The van der Waals surface area contributed by atoms with Crippen molar-refractivity contribution >= 4 is 18.9 Å². The van der Waals surface area contributed by atoms with Crippen molar-refractivity contribution in [2.75, 3.05) is 0 Å². The van der Waals surface area contributed by atoms with Crippen LogP contribution in [-0.4, -0.2) is 29.6 Å². The topological polar surface area (TPSA) is 119 Å². The summed E-state index contributed by atoms with van der Waals surface area (Å²) in [5.41, 5.74) is 2.93. The van der Waals surface area contributed by atoms with E-state index < -0.39 is 7.82 Å². The molecule has 2 aliphatic heterocycles. The number of hydrogen-bond acceptors (Lipinski definition) is 3. The molecule has 0 saturated heterocycles. The van der Waals surface area contributed by atoms with E-state index in [1.165, 1.54) is 0 Å². The molecule has 0 spiro atoms. The number of H-pyrrole nitrogens is 1. The first-order valence-electron chi connectivity index (χ1n) is 4.90. The van der Waals surface area contributed by atoms with E-state index in [-0.39, 0.29) is 0 Å². The minimum atomic E-state index is -4.64. The molecule has 18 heavy (non-hydrogen) atoms. The maximum atomic E-state index is 8.88. The van der Waals surface area contributed by atoms with Crippen LogP contribution in [-0.2, 0) is 4.57 Å². The standard InChI is InChI=1S/C10H7N3.H3O4P/c1-2-7-6-9-8(3-5-11-9)13-10(7)12-4-1;1-5(2,3)4/h1-6H,(H,12,13);(H3,1,2,3,4). The van der Waals surface area contributed by atoms with E-state index in [1.54, 1.807) is 12.4 Å². The van der Waals surface area contributed by atoms with Crippen LogP contribution in [0.4, 0.5) is 0 Å². The van der Waals surface area contributed by atoms with Crippen LogP contribution in [0.2, 0.25) is 0 Å². The highest BCUT2D eigenvalue weighted by Gasteiger charge is 2.04. The molecular weight excluding hydrogens is 257 g/mol. The van der Waals surface area contributed by atoms with Crippen LogP contribution in [0.15, 0.2) is 36.7 Å². The lowest BCUT2D eigenvalue weighted by Gasteiger charge is -2.00. The highest BCUT2D eigenvalue weighted by molar-refractivity contribution is 7.45. The van der Waals surface area contributed by atoms with Gasteiger partial charge in [-0.1, -0.05) is 0 Å². The zero-order valence-corrected chi connectivity index (χ0v) is 9.95. The largest absolute Gasteiger partial charge is 0.466 e. The number of fused-ring (bicyclic) bond motifs is 2. The van der Waals surface area contributed by atoms with Gasteiger partial charge < -0.3 is 19.7 Å². The van der Waals surface area contributed by atoms with Crippen LogP contribution in [0.25, 0.3) is 22.4 Å². The molecule has 1 aromatic heterocycles. The Labute approximate surface area is 102 Å². The maximum absolute atomic E-state index is 8.88. The smallest absolute Gasteiger partial charge is 0.338 e. The van der Waals surface area contributed by atoms with Crippen molar-refractivity contribution in [2.45, 2.75) is 0 Å². The van der Waals surface area contributed by atoms with Gasteiger partial charge in [-0.25, -0.2) is 9.55 Å². The van der Waals surface area contributed by atoms with Gasteiger partial charge in [-0.2, -0.15) is 0 Å². The van der Waals surface area contributed by atoms with Crippen LogP contribution in [0.1, 0.15) is 0 Å². The average Bonchev–Trinajstić information content (AvgIpc) is 2.70. The zero-order valence-electron chi connectivity index (χ0n) is 9.06. The lowest BCUT2D eigenvalue weighted by atomic mass is 10.2. The third-order valence-corrected chi connectivity index (χ3v) is 2.11. The second-order valence-corrected chi connectivity index (χ2v) is 4.49. The molecule has 8 heteroatoms. The van der Waals surface area contributed by atoms with Gasteiger partial charge in [0.25, 0.3) is 0 Å². The van der Waals surface area contributed by atoms with E-state index in [9.17, 15) is 0 Å². The third-order valence-electron chi connectivity index (χ3n) is 2.11. The van der Waals surface area contributed by atoms with Gasteiger partial charge in [-0.05, 0) is 24.3 Å². The Morgan fingerprint density at radius 2 is 1.83 bits per heavy atom. The Morgan fingerprint density at radius 1 is 1.11 bits per heavy atom. The van der Waals surface area contributed by atoms with E-state index >= 15 is 0 Å². The molecule has 2 aliphatic rings. The summed E-state index contributed by atoms with van der Waals surface area (Å²) in [7, 11) is -4.64. The monoisotopic (exact) mass is 267 g/mol. The molecular formula is C10H10N3O4P. The fraction of sp³-hybridized carbons (Fsp3) is 0. The van der Waals surface area contributed by atoms with Crippen LogP contribution >= 0.6 is 7.82 Å². The Hall–Kier alpha value is -1.79. The highest BCUT2D eigenvalue weighted by Crippen LogP contribution is 2.25. The van der Waals surface area contributed by atoms with Crippen molar-refractivity contribution in [2.24, 2.45) is 0 Å². The summed E-state index contributed by atoms with van der Waals surface area (Å²) in [6, 6.07) is 7.93. The van der Waals surface area contributed by atoms with Gasteiger partial charge in [-0.15, -0.1) is 0 Å². The molecule has 0 radical (unpaired) electrons. The Kier molecular flexibility index (Phi) is 3.40. The van der Waals surface area contributed by atoms with Crippen molar-refractivity contribution in [1.29, 1.82) is 0 Å². The Morgan fingerprint density at radius 3 is 2.56 bits per heavy atom. The van der Waals surface area contributed by atoms with E-state index in [0.29, 0.717) is 0 Å². The number of nitrogens with one attached hydrogen (secondary N) is 1. The van der Waals surface area contributed by atoms with E-state index in [0.717, 1.165) is 22.4 Å². The fourth-order valence-electron chi connectivity index (χ4n) is 1.48. The quantitative estimate of drug-likeness (QED) is 0.453. The molecule has 0 aliphatic carbocycles. The number of nitrogens with zero attached hydrogens (tertiary/aromatic N) is 2. The molecule has 0 fully saturated rings. The average molecular weight is 267 g/mol. The maximum Gasteiger partial charge on any atom is 0.466 e. The fourth-order valence-corrected chi connectivity index (χ4v) is 1.48. The van der Waals surface area contributed by atoms with Crippen LogP contribution in [0, 0.1) is 0 Å². The summed E-state index contributed by atoms with van der Waals surface area (Å²) in [6.45, 7) is 0. The second kappa shape index (κ2) is 4.83.